The van der Waals surface area contributed by atoms with Crippen LogP contribution in [-0.2, 0) is 0 Å². The standard InChI is InChI=1S/C13H13ClN4/c1-9-3-4-10(2)11(7-9)8-15-17-13-6-5-12(14)16-18-13/h3-8H,1-2H3,(H,17,18)/b15-8-. The first-order chi connectivity index (χ1) is 8.65. The molecule has 0 saturated carbocycles. The summed E-state index contributed by atoms with van der Waals surface area (Å²) in [4.78, 5) is 0. The molecule has 0 unspecified atom stereocenters. The summed E-state index contributed by atoms with van der Waals surface area (Å²) in [5.74, 6) is 0.556. The third kappa shape index (κ3) is 3.28. The minimum Gasteiger partial charge on any atom is -0.260 e. The van der Waals surface area contributed by atoms with E-state index in [1.54, 1.807) is 18.3 Å². The van der Waals surface area contributed by atoms with Crippen LogP contribution in [0.5, 0.6) is 0 Å². The number of halogens is 1. The van der Waals surface area contributed by atoms with Crippen molar-refractivity contribution in [2.24, 2.45) is 5.10 Å². The minimum atomic E-state index is 0.360. The molecule has 2 aromatic rings. The number of nitrogens with one attached hydrogen (secondary N) is 1. The molecule has 1 aromatic heterocycles. The number of hydrogen-bond acceptors (Lipinski definition) is 4. The van der Waals surface area contributed by atoms with Gasteiger partial charge in [-0.2, -0.15) is 5.10 Å². The summed E-state index contributed by atoms with van der Waals surface area (Å²) in [5, 5.41) is 12.0. The average molecular weight is 261 g/mol. The Balaban J connectivity index is 2.07. The summed E-state index contributed by atoms with van der Waals surface area (Å²) < 4.78 is 0. The predicted octanol–water partition coefficient (Wildman–Crippen LogP) is 3.19. The van der Waals surface area contributed by atoms with Crippen molar-refractivity contribution in [3.05, 3.63) is 52.2 Å². The van der Waals surface area contributed by atoms with Gasteiger partial charge in [-0.25, -0.2) is 0 Å². The molecule has 0 spiro atoms. The van der Waals surface area contributed by atoms with E-state index in [1.165, 1.54) is 11.1 Å². The first-order valence-electron chi connectivity index (χ1n) is 5.51. The highest BCUT2D eigenvalue weighted by molar-refractivity contribution is 6.29. The number of anilines is 1. The lowest BCUT2D eigenvalue weighted by Crippen LogP contribution is -1.96. The fraction of sp³-hybridized carbons (Fsp3) is 0.154. The quantitative estimate of drug-likeness (QED) is 0.681. The first-order valence-corrected chi connectivity index (χ1v) is 5.88. The van der Waals surface area contributed by atoms with Gasteiger partial charge in [0, 0.05) is 0 Å². The second-order valence-electron chi connectivity index (χ2n) is 3.97. The molecule has 2 rings (SSSR count). The second-order valence-corrected chi connectivity index (χ2v) is 4.36. The Kier molecular flexibility index (Phi) is 3.89. The van der Waals surface area contributed by atoms with Gasteiger partial charge in [-0.3, -0.25) is 5.43 Å². The van der Waals surface area contributed by atoms with E-state index in [2.05, 4.69) is 45.8 Å². The molecule has 0 aliphatic rings. The number of hydrazone groups is 1. The minimum absolute atomic E-state index is 0.360. The molecule has 92 valence electrons. The predicted molar refractivity (Wildman–Crippen MR) is 74.2 cm³/mol. The first kappa shape index (κ1) is 12.5. The molecule has 0 fully saturated rings. The maximum absolute atomic E-state index is 5.64. The smallest absolute Gasteiger partial charge is 0.168 e. The third-order valence-corrected chi connectivity index (χ3v) is 2.65. The fourth-order valence-corrected chi connectivity index (χ4v) is 1.54. The molecular formula is C13H13ClN4. The van der Waals surface area contributed by atoms with Crippen LogP contribution in [0, 0.1) is 13.8 Å². The molecule has 0 bridgehead atoms. The van der Waals surface area contributed by atoms with Crippen LogP contribution >= 0.6 is 11.6 Å². The Morgan fingerprint density at radius 2 is 2.00 bits per heavy atom. The topological polar surface area (TPSA) is 50.2 Å². The van der Waals surface area contributed by atoms with Gasteiger partial charge >= 0.3 is 0 Å². The van der Waals surface area contributed by atoms with Crippen LogP contribution < -0.4 is 5.43 Å². The van der Waals surface area contributed by atoms with E-state index in [1.807, 2.05) is 6.92 Å². The lowest BCUT2D eigenvalue weighted by Gasteiger charge is -2.01. The van der Waals surface area contributed by atoms with Gasteiger partial charge in [0.05, 0.1) is 6.21 Å². The van der Waals surface area contributed by atoms with Crippen molar-refractivity contribution in [2.75, 3.05) is 5.43 Å². The number of benzene rings is 1. The molecule has 0 aliphatic heterocycles. The zero-order valence-electron chi connectivity index (χ0n) is 10.2. The van der Waals surface area contributed by atoms with E-state index in [-0.39, 0.29) is 0 Å². The highest BCUT2D eigenvalue weighted by atomic mass is 35.5. The lowest BCUT2D eigenvalue weighted by molar-refractivity contribution is 1.02. The van der Waals surface area contributed by atoms with Gasteiger partial charge < -0.3 is 0 Å². The normalized spacial score (nSPS) is 10.8. The van der Waals surface area contributed by atoms with Gasteiger partial charge in [-0.05, 0) is 37.1 Å². The van der Waals surface area contributed by atoms with Crippen LogP contribution in [0.4, 0.5) is 5.82 Å². The van der Waals surface area contributed by atoms with Gasteiger partial charge in [0.15, 0.2) is 11.0 Å². The molecule has 1 aromatic carbocycles. The molecule has 0 aliphatic carbocycles. The Bertz CT molecular complexity index is 564. The van der Waals surface area contributed by atoms with Gasteiger partial charge in [0.2, 0.25) is 0 Å². The summed E-state index contributed by atoms with van der Waals surface area (Å²) in [5.41, 5.74) is 6.25. The van der Waals surface area contributed by atoms with Crippen molar-refractivity contribution in [3.63, 3.8) is 0 Å². The van der Waals surface area contributed by atoms with Crippen LogP contribution in [-0.4, -0.2) is 16.4 Å². The summed E-state index contributed by atoms with van der Waals surface area (Å²) in [6.07, 6.45) is 1.76. The summed E-state index contributed by atoms with van der Waals surface area (Å²) in [7, 11) is 0. The molecule has 0 amide bonds. The number of nitrogens with zero attached hydrogens (tertiary/aromatic N) is 3. The van der Waals surface area contributed by atoms with E-state index >= 15 is 0 Å². The maximum atomic E-state index is 5.64. The van der Waals surface area contributed by atoms with Crippen molar-refractivity contribution in [1.29, 1.82) is 0 Å². The lowest BCUT2D eigenvalue weighted by atomic mass is 10.1. The Morgan fingerprint density at radius 1 is 1.17 bits per heavy atom. The molecule has 5 heteroatoms. The Morgan fingerprint density at radius 3 is 2.72 bits per heavy atom. The van der Waals surface area contributed by atoms with Crippen LogP contribution in [0.3, 0.4) is 0 Å². The Hall–Kier alpha value is -1.94. The van der Waals surface area contributed by atoms with Crippen molar-refractivity contribution in [2.45, 2.75) is 13.8 Å². The molecular weight excluding hydrogens is 248 g/mol. The summed E-state index contributed by atoms with van der Waals surface area (Å²) in [6.45, 7) is 4.10. The molecule has 0 atom stereocenters. The molecule has 0 saturated heterocycles. The van der Waals surface area contributed by atoms with E-state index in [4.69, 9.17) is 11.6 Å². The van der Waals surface area contributed by atoms with Gasteiger partial charge in [-0.15, -0.1) is 10.2 Å². The number of aromatic nitrogens is 2. The highest BCUT2D eigenvalue weighted by Crippen LogP contribution is 2.09. The summed E-state index contributed by atoms with van der Waals surface area (Å²) >= 11 is 5.64. The average Bonchev–Trinajstić information content (AvgIpc) is 2.36. The zero-order valence-corrected chi connectivity index (χ0v) is 10.9. The van der Waals surface area contributed by atoms with Crippen LogP contribution in [0.2, 0.25) is 5.15 Å². The molecule has 4 nitrogen and oxygen atoms in total. The highest BCUT2D eigenvalue weighted by Gasteiger charge is 1.96. The van der Waals surface area contributed by atoms with Crippen molar-refractivity contribution in [3.8, 4) is 0 Å². The van der Waals surface area contributed by atoms with E-state index < -0.39 is 0 Å². The Labute approximate surface area is 111 Å². The van der Waals surface area contributed by atoms with E-state index in [9.17, 15) is 0 Å². The van der Waals surface area contributed by atoms with Crippen molar-refractivity contribution < 1.29 is 0 Å². The van der Waals surface area contributed by atoms with Gasteiger partial charge in [0.25, 0.3) is 0 Å². The van der Waals surface area contributed by atoms with Gasteiger partial charge in [0.1, 0.15) is 0 Å². The molecule has 18 heavy (non-hydrogen) atoms. The van der Waals surface area contributed by atoms with Gasteiger partial charge in [-0.1, -0.05) is 35.4 Å². The monoisotopic (exact) mass is 260 g/mol. The SMILES string of the molecule is Cc1ccc(C)c(/C=N\Nc2ccc(Cl)nn2)c1. The van der Waals surface area contributed by atoms with E-state index in [0.29, 0.717) is 11.0 Å². The second kappa shape index (κ2) is 5.60. The van der Waals surface area contributed by atoms with E-state index in [0.717, 1.165) is 5.56 Å². The zero-order chi connectivity index (χ0) is 13.0. The number of hydrogen-bond donors (Lipinski definition) is 1. The van der Waals surface area contributed by atoms with Crippen LogP contribution in [0.25, 0.3) is 0 Å². The molecule has 1 N–H and O–H groups in total. The molecule has 0 radical (unpaired) electrons. The largest absolute Gasteiger partial charge is 0.260 e. The third-order valence-electron chi connectivity index (χ3n) is 2.45. The van der Waals surface area contributed by atoms with Crippen molar-refractivity contribution >= 4 is 23.6 Å². The van der Waals surface area contributed by atoms with Crippen LogP contribution in [0.1, 0.15) is 16.7 Å². The number of rotatable bonds is 3. The maximum Gasteiger partial charge on any atom is 0.168 e. The number of aryl methyl sites for hydroxylation is 2. The summed E-state index contributed by atoms with van der Waals surface area (Å²) in [6, 6.07) is 9.59. The van der Waals surface area contributed by atoms with Crippen molar-refractivity contribution in [1.82, 2.24) is 10.2 Å². The molecule has 1 heterocycles. The fourth-order valence-electron chi connectivity index (χ4n) is 1.44. The van der Waals surface area contributed by atoms with Crippen LogP contribution in [0.15, 0.2) is 35.4 Å².